The zero-order valence-corrected chi connectivity index (χ0v) is 13.6. The van der Waals surface area contributed by atoms with Crippen molar-refractivity contribution in [1.29, 1.82) is 0 Å². The van der Waals surface area contributed by atoms with E-state index in [2.05, 4.69) is 12.2 Å². The Bertz CT molecular complexity index is 320. The monoisotopic (exact) mass is 297 g/mol. The third kappa shape index (κ3) is 3.61. The van der Waals surface area contributed by atoms with E-state index in [-0.39, 0.29) is 5.60 Å². The van der Waals surface area contributed by atoms with Crippen LogP contribution in [0.25, 0.3) is 0 Å². The fourth-order valence-electron chi connectivity index (χ4n) is 4.31. The van der Waals surface area contributed by atoms with Crippen LogP contribution in [-0.4, -0.2) is 51.2 Å². The highest BCUT2D eigenvalue weighted by Crippen LogP contribution is 2.42. The molecule has 1 spiro atoms. The summed E-state index contributed by atoms with van der Waals surface area (Å²) in [5.74, 6) is 1.44. The van der Waals surface area contributed by atoms with Gasteiger partial charge in [-0.15, -0.1) is 0 Å². The summed E-state index contributed by atoms with van der Waals surface area (Å²) in [5, 5.41) is 3.73. The van der Waals surface area contributed by atoms with Gasteiger partial charge in [0.1, 0.15) is 0 Å². The summed E-state index contributed by atoms with van der Waals surface area (Å²) in [7, 11) is 1.89. The van der Waals surface area contributed by atoms with Gasteiger partial charge in [0, 0.05) is 33.0 Å². The van der Waals surface area contributed by atoms with Crippen molar-refractivity contribution in [3.63, 3.8) is 0 Å². The van der Waals surface area contributed by atoms with Crippen LogP contribution in [0.5, 0.6) is 0 Å². The van der Waals surface area contributed by atoms with Crippen molar-refractivity contribution in [1.82, 2.24) is 5.32 Å². The number of methoxy groups -OCH3 is 1. The Morgan fingerprint density at radius 2 is 1.90 bits per heavy atom. The van der Waals surface area contributed by atoms with Crippen LogP contribution >= 0.6 is 0 Å². The molecule has 4 nitrogen and oxygen atoms in total. The van der Waals surface area contributed by atoms with Crippen LogP contribution in [0.15, 0.2) is 0 Å². The average molecular weight is 297 g/mol. The summed E-state index contributed by atoms with van der Waals surface area (Å²) in [4.78, 5) is 0. The smallest absolute Gasteiger partial charge is 0.0755 e. The van der Waals surface area contributed by atoms with Crippen molar-refractivity contribution in [3.8, 4) is 0 Å². The fourth-order valence-corrected chi connectivity index (χ4v) is 4.31. The third-order valence-electron chi connectivity index (χ3n) is 5.60. The lowest BCUT2D eigenvalue weighted by atomic mass is 9.76. The molecular formula is C17H31NO3. The highest BCUT2D eigenvalue weighted by molar-refractivity contribution is 4.98. The molecule has 3 fully saturated rings. The molecule has 3 atom stereocenters. The molecule has 2 saturated heterocycles. The van der Waals surface area contributed by atoms with Crippen LogP contribution in [0.2, 0.25) is 0 Å². The molecule has 0 aromatic carbocycles. The van der Waals surface area contributed by atoms with Crippen molar-refractivity contribution in [2.24, 2.45) is 11.8 Å². The van der Waals surface area contributed by atoms with E-state index in [0.717, 1.165) is 51.5 Å². The molecule has 122 valence electrons. The van der Waals surface area contributed by atoms with E-state index in [1.165, 1.54) is 19.3 Å². The van der Waals surface area contributed by atoms with E-state index >= 15 is 0 Å². The molecule has 3 aliphatic rings. The third-order valence-corrected chi connectivity index (χ3v) is 5.60. The van der Waals surface area contributed by atoms with Crippen LogP contribution in [0, 0.1) is 11.8 Å². The lowest BCUT2D eigenvalue weighted by Gasteiger charge is -2.46. The summed E-state index contributed by atoms with van der Waals surface area (Å²) < 4.78 is 17.6. The number of hydrogen-bond acceptors (Lipinski definition) is 4. The van der Waals surface area contributed by atoms with E-state index < -0.39 is 0 Å². The van der Waals surface area contributed by atoms with E-state index in [0.29, 0.717) is 18.1 Å². The van der Waals surface area contributed by atoms with Gasteiger partial charge in [0.15, 0.2) is 0 Å². The highest BCUT2D eigenvalue weighted by Gasteiger charge is 2.45. The van der Waals surface area contributed by atoms with Gasteiger partial charge in [-0.05, 0) is 56.9 Å². The molecular weight excluding hydrogens is 266 g/mol. The molecule has 3 rings (SSSR count). The molecule has 1 saturated carbocycles. The van der Waals surface area contributed by atoms with Gasteiger partial charge in [0.05, 0.1) is 11.7 Å². The number of nitrogens with one attached hydrogen (secondary N) is 1. The van der Waals surface area contributed by atoms with Crippen LogP contribution in [-0.2, 0) is 14.2 Å². The highest BCUT2D eigenvalue weighted by atomic mass is 16.5. The van der Waals surface area contributed by atoms with Gasteiger partial charge in [-0.2, -0.15) is 0 Å². The molecule has 0 radical (unpaired) electrons. The standard InChI is InChI=1S/C17H31NO3/c1-3-18-15(16(19-2)13-4-5-13)14-6-9-21-17(12-14)7-10-20-11-8-17/h13-16,18H,3-12H2,1-2H3. The van der Waals surface area contributed by atoms with Crippen molar-refractivity contribution in [2.75, 3.05) is 33.5 Å². The second-order valence-electron chi connectivity index (χ2n) is 7.02. The molecule has 1 aliphatic carbocycles. The quantitative estimate of drug-likeness (QED) is 0.817. The minimum atomic E-state index is 0.0800. The Morgan fingerprint density at radius 1 is 1.14 bits per heavy atom. The minimum Gasteiger partial charge on any atom is -0.381 e. The van der Waals surface area contributed by atoms with Gasteiger partial charge < -0.3 is 19.5 Å². The van der Waals surface area contributed by atoms with E-state index in [9.17, 15) is 0 Å². The molecule has 0 aromatic rings. The number of ether oxygens (including phenoxy) is 3. The van der Waals surface area contributed by atoms with Gasteiger partial charge in [-0.3, -0.25) is 0 Å². The molecule has 21 heavy (non-hydrogen) atoms. The van der Waals surface area contributed by atoms with E-state index in [1.807, 2.05) is 7.11 Å². The molecule has 2 aliphatic heterocycles. The van der Waals surface area contributed by atoms with Gasteiger partial charge in [0.25, 0.3) is 0 Å². The first kappa shape index (κ1) is 15.7. The normalized spacial score (nSPS) is 32.0. The second-order valence-corrected chi connectivity index (χ2v) is 7.02. The zero-order chi connectivity index (χ0) is 14.7. The molecule has 1 N–H and O–H groups in total. The maximum Gasteiger partial charge on any atom is 0.0755 e. The summed E-state index contributed by atoms with van der Waals surface area (Å²) in [5.41, 5.74) is 0.0800. The molecule has 3 unspecified atom stereocenters. The van der Waals surface area contributed by atoms with Crippen LogP contribution in [0.1, 0.15) is 45.4 Å². The maximum absolute atomic E-state index is 6.21. The Kier molecular flexibility index (Phi) is 5.20. The maximum atomic E-state index is 6.21. The second kappa shape index (κ2) is 6.95. The van der Waals surface area contributed by atoms with Crippen molar-refractivity contribution in [3.05, 3.63) is 0 Å². The van der Waals surface area contributed by atoms with Crippen LogP contribution < -0.4 is 5.32 Å². The van der Waals surface area contributed by atoms with Crippen molar-refractivity contribution < 1.29 is 14.2 Å². The largest absolute Gasteiger partial charge is 0.381 e. The zero-order valence-electron chi connectivity index (χ0n) is 13.6. The lowest BCUT2D eigenvalue weighted by Crippen LogP contribution is -2.53. The fraction of sp³-hybridized carbons (Fsp3) is 1.00. The van der Waals surface area contributed by atoms with Gasteiger partial charge in [-0.25, -0.2) is 0 Å². The topological polar surface area (TPSA) is 39.7 Å². The van der Waals surface area contributed by atoms with Gasteiger partial charge >= 0.3 is 0 Å². The predicted molar refractivity (Wildman–Crippen MR) is 82.4 cm³/mol. The Labute approximate surface area is 128 Å². The van der Waals surface area contributed by atoms with E-state index in [4.69, 9.17) is 14.2 Å². The SMILES string of the molecule is CCNC(C1CCOC2(CCOCC2)C1)C(OC)C1CC1. The first-order valence-corrected chi connectivity index (χ1v) is 8.76. The Hall–Kier alpha value is -0.160. The summed E-state index contributed by atoms with van der Waals surface area (Å²) in [6.45, 7) is 5.83. The van der Waals surface area contributed by atoms with Crippen molar-refractivity contribution in [2.45, 2.75) is 63.2 Å². The first-order chi connectivity index (χ1) is 10.3. The summed E-state index contributed by atoms with van der Waals surface area (Å²) in [6, 6.07) is 0.483. The predicted octanol–water partition coefficient (Wildman–Crippen LogP) is 2.37. The lowest BCUT2D eigenvalue weighted by molar-refractivity contribution is -0.155. The Morgan fingerprint density at radius 3 is 2.52 bits per heavy atom. The van der Waals surface area contributed by atoms with Crippen molar-refractivity contribution >= 4 is 0 Å². The molecule has 4 heteroatoms. The minimum absolute atomic E-state index is 0.0800. The molecule has 2 heterocycles. The summed E-state index contributed by atoms with van der Waals surface area (Å²) in [6.07, 6.45) is 7.50. The number of rotatable bonds is 6. The number of likely N-dealkylation sites (N-methyl/N-ethyl adjacent to an activating group) is 1. The van der Waals surface area contributed by atoms with E-state index in [1.54, 1.807) is 0 Å². The molecule has 0 bridgehead atoms. The summed E-state index contributed by atoms with van der Waals surface area (Å²) >= 11 is 0. The molecule has 0 amide bonds. The number of hydrogen-bond donors (Lipinski definition) is 1. The van der Waals surface area contributed by atoms with Crippen LogP contribution in [0.3, 0.4) is 0 Å². The van der Waals surface area contributed by atoms with Gasteiger partial charge in [-0.1, -0.05) is 6.92 Å². The Balaban J connectivity index is 1.68. The molecule has 0 aromatic heterocycles. The first-order valence-electron chi connectivity index (χ1n) is 8.76. The average Bonchev–Trinajstić information content (AvgIpc) is 3.33. The van der Waals surface area contributed by atoms with Crippen LogP contribution in [0.4, 0.5) is 0 Å². The van der Waals surface area contributed by atoms with Gasteiger partial charge in [0.2, 0.25) is 0 Å².